The number of halogens is 2. The minimum atomic E-state index is -2.84. The number of para-hydroxylation sites is 1. The number of nitrogens with zero attached hydrogens (tertiary/aromatic N) is 1. The maximum absolute atomic E-state index is 12.4. The van der Waals surface area contributed by atoms with E-state index >= 15 is 0 Å². The van der Waals surface area contributed by atoms with Gasteiger partial charge in [-0.05, 0) is 30.9 Å². The standard InChI is InChI=1S/C17H21F2N3OS/c1-2-20-17(21-10-9-14-7-5-11-24-14)22-12-13-6-3-4-8-15(13)23-16(18)19/h3-8,11,16H,2,9-10,12H2,1H3,(H2,20,21,22). The third kappa shape index (κ3) is 6.16. The molecule has 1 aromatic carbocycles. The number of ether oxygens (including phenoxy) is 1. The summed E-state index contributed by atoms with van der Waals surface area (Å²) in [6.07, 6.45) is 0.910. The molecule has 0 aliphatic heterocycles. The van der Waals surface area contributed by atoms with Crippen LogP contribution in [0, 0.1) is 0 Å². The molecule has 0 saturated carbocycles. The Morgan fingerprint density at radius 1 is 1.21 bits per heavy atom. The summed E-state index contributed by atoms with van der Waals surface area (Å²) in [5, 5.41) is 8.44. The molecule has 24 heavy (non-hydrogen) atoms. The summed E-state index contributed by atoms with van der Waals surface area (Å²) in [6, 6.07) is 10.8. The second-order valence-electron chi connectivity index (χ2n) is 4.94. The fourth-order valence-electron chi connectivity index (χ4n) is 2.11. The lowest BCUT2D eigenvalue weighted by molar-refractivity contribution is -0.0504. The smallest absolute Gasteiger partial charge is 0.387 e. The number of benzene rings is 1. The molecular weight excluding hydrogens is 332 g/mol. The summed E-state index contributed by atoms with van der Waals surface area (Å²) < 4.78 is 29.4. The maximum atomic E-state index is 12.4. The van der Waals surface area contributed by atoms with Gasteiger partial charge in [-0.1, -0.05) is 24.3 Å². The van der Waals surface area contributed by atoms with E-state index in [2.05, 4.69) is 31.8 Å². The van der Waals surface area contributed by atoms with Gasteiger partial charge in [0.15, 0.2) is 5.96 Å². The number of hydrogen-bond donors (Lipinski definition) is 2. The molecule has 0 radical (unpaired) electrons. The van der Waals surface area contributed by atoms with Crippen molar-refractivity contribution in [1.29, 1.82) is 0 Å². The highest BCUT2D eigenvalue weighted by Crippen LogP contribution is 2.20. The Morgan fingerprint density at radius 3 is 2.75 bits per heavy atom. The zero-order chi connectivity index (χ0) is 17.2. The van der Waals surface area contributed by atoms with Gasteiger partial charge in [-0.25, -0.2) is 4.99 Å². The summed E-state index contributed by atoms with van der Waals surface area (Å²) >= 11 is 1.72. The van der Waals surface area contributed by atoms with Crippen LogP contribution in [-0.2, 0) is 13.0 Å². The Balaban J connectivity index is 1.94. The summed E-state index contributed by atoms with van der Waals surface area (Å²) in [7, 11) is 0. The van der Waals surface area contributed by atoms with Gasteiger partial charge >= 0.3 is 6.61 Å². The lowest BCUT2D eigenvalue weighted by Gasteiger charge is -2.12. The lowest BCUT2D eigenvalue weighted by atomic mass is 10.2. The third-order valence-electron chi connectivity index (χ3n) is 3.18. The van der Waals surface area contributed by atoms with Crippen LogP contribution in [0.5, 0.6) is 5.75 Å². The highest BCUT2D eigenvalue weighted by atomic mass is 32.1. The Morgan fingerprint density at radius 2 is 2.04 bits per heavy atom. The molecule has 0 bridgehead atoms. The van der Waals surface area contributed by atoms with E-state index in [1.54, 1.807) is 29.5 Å². The van der Waals surface area contributed by atoms with Crippen molar-refractivity contribution in [3.8, 4) is 5.75 Å². The normalized spacial score (nSPS) is 11.6. The zero-order valence-electron chi connectivity index (χ0n) is 13.5. The van der Waals surface area contributed by atoms with Crippen molar-refractivity contribution in [2.24, 2.45) is 4.99 Å². The number of guanidine groups is 1. The van der Waals surface area contributed by atoms with Crippen molar-refractivity contribution in [2.45, 2.75) is 26.5 Å². The first-order valence-electron chi connectivity index (χ1n) is 7.76. The molecule has 0 fully saturated rings. The van der Waals surface area contributed by atoms with Crippen molar-refractivity contribution >= 4 is 17.3 Å². The Labute approximate surface area is 144 Å². The molecule has 4 nitrogen and oxygen atoms in total. The average molecular weight is 353 g/mol. The minimum absolute atomic E-state index is 0.158. The van der Waals surface area contributed by atoms with Crippen LogP contribution in [0.2, 0.25) is 0 Å². The van der Waals surface area contributed by atoms with Gasteiger partial charge in [0.25, 0.3) is 0 Å². The van der Waals surface area contributed by atoms with E-state index in [0.29, 0.717) is 11.5 Å². The first kappa shape index (κ1) is 18.2. The Bertz CT molecular complexity index is 633. The molecule has 0 spiro atoms. The summed E-state index contributed by atoms with van der Waals surface area (Å²) in [4.78, 5) is 5.74. The van der Waals surface area contributed by atoms with Gasteiger partial charge < -0.3 is 15.4 Å². The highest BCUT2D eigenvalue weighted by molar-refractivity contribution is 7.09. The van der Waals surface area contributed by atoms with Gasteiger partial charge in [0.2, 0.25) is 0 Å². The molecule has 2 aromatic rings. The van der Waals surface area contributed by atoms with Crippen LogP contribution in [0.25, 0.3) is 0 Å². The molecule has 1 heterocycles. The molecule has 1 aromatic heterocycles. The quantitative estimate of drug-likeness (QED) is 0.562. The SMILES string of the molecule is CCNC(=NCc1ccccc1OC(F)F)NCCc1cccs1. The van der Waals surface area contributed by atoms with Gasteiger partial charge in [-0.15, -0.1) is 11.3 Å². The van der Waals surface area contributed by atoms with E-state index in [-0.39, 0.29) is 12.3 Å². The second kappa shape index (κ2) is 9.87. The van der Waals surface area contributed by atoms with Gasteiger partial charge in [-0.3, -0.25) is 0 Å². The van der Waals surface area contributed by atoms with Gasteiger partial charge in [0.1, 0.15) is 5.75 Å². The summed E-state index contributed by atoms with van der Waals surface area (Å²) in [6.45, 7) is 0.871. The monoisotopic (exact) mass is 353 g/mol. The predicted molar refractivity (Wildman–Crippen MR) is 93.9 cm³/mol. The minimum Gasteiger partial charge on any atom is -0.434 e. The van der Waals surface area contributed by atoms with Gasteiger partial charge in [-0.2, -0.15) is 8.78 Å². The molecule has 2 N–H and O–H groups in total. The van der Waals surface area contributed by atoms with E-state index in [1.807, 2.05) is 13.0 Å². The van der Waals surface area contributed by atoms with E-state index in [9.17, 15) is 8.78 Å². The van der Waals surface area contributed by atoms with Crippen LogP contribution in [0.3, 0.4) is 0 Å². The fourth-order valence-corrected chi connectivity index (χ4v) is 2.82. The van der Waals surface area contributed by atoms with Crippen molar-refractivity contribution in [2.75, 3.05) is 13.1 Å². The number of hydrogen-bond acceptors (Lipinski definition) is 3. The van der Waals surface area contributed by atoms with E-state index in [0.717, 1.165) is 19.5 Å². The molecule has 0 aliphatic rings. The topological polar surface area (TPSA) is 45.7 Å². The molecular formula is C17H21F2N3OS. The molecule has 0 unspecified atom stereocenters. The number of nitrogens with one attached hydrogen (secondary N) is 2. The first-order valence-corrected chi connectivity index (χ1v) is 8.64. The maximum Gasteiger partial charge on any atom is 0.387 e. The molecule has 0 aliphatic carbocycles. The molecule has 130 valence electrons. The van der Waals surface area contributed by atoms with Crippen LogP contribution >= 0.6 is 11.3 Å². The fraction of sp³-hybridized carbons (Fsp3) is 0.353. The summed E-state index contributed by atoms with van der Waals surface area (Å²) in [5.74, 6) is 0.812. The van der Waals surface area contributed by atoms with Crippen molar-refractivity contribution in [3.63, 3.8) is 0 Å². The number of thiophene rings is 1. The largest absolute Gasteiger partial charge is 0.434 e. The van der Waals surface area contributed by atoms with Crippen LogP contribution in [0.4, 0.5) is 8.78 Å². The number of alkyl halides is 2. The van der Waals surface area contributed by atoms with E-state index in [1.165, 1.54) is 10.9 Å². The highest BCUT2D eigenvalue weighted by Gasteiger charge is 2.09. The van der Waals surface area contributed by atoms with Crippen LogP contribution in [0.1, 0.15) is 17.4 Å². The second-order valence-corrected chi connectivity index (χ2v) is 5.97. The van der Waals surface area contributed by atoms with E-state index < -0.39 is 6.61 Å². The molecule has 7 heteroatoms. The molecule has 2 rings (SSSR count). The van der Waals surface area contributed by atoms with Crippen molar-refractivity contribution in [3.05, 3.63) is 52.2 Å². The van der Waals surface area contributed by atoms with Gasteiger partial charge in [0, 0.05) is 23.5 Å². The first-order chi connectivity index (χ1) is 11.7. The van der Waals surface area contributed by atoms with Gasteiger partial charge in [0.05, 0.1) is 6.54 Å². The number of rotatable bonds is 8. The van der Waals surface area contributed by atoms with Crippen LogP contribution in [0.15, 0.2) is 46.8 Å². The van der Waals surface area contributed by atoms with Crippen LogP contribution < -0.4 is 15.4 Å². The molecule has 0 amide bonds. The lowest BCUT2D eigenvalue weighted by Crippen LogP contribution is -2.38. The summed E-state index contributed by atoms with van der Waals surface area (Å²) in [5.41, 5.74) is 0.619. The Kier molecular flexibility index (Phi) is 7.48. The van der Waals surface area contributed by atoms with Crippen LogP contribution in [-0.4, -0.2) is 25.7 Å². The average Bonchev–Trinajstić information content (AvgIpc) is 3.06. The van der Waals surface area contributed by atoms with E-state index in [4.69, 9.17) is 0 Å². The van der Waals surface area contributed by atoms with Crippen molar-refractivity contribution < 1.29 is 13.5 Å². The zero-order valence-corrected chi connectivity index (χ0v) is 14.3. The third-order valence-corrected chi connectivity index (χ3v) is 4.12. The van der Waals surface area contributed by atoms with Crippen molar-refractivity contribution in [1.82, 2.24) is 10.6 Å². The predicted octanol–water partition coefficient (Wildman–Crippen LogP) is 3.65. The molecule has 0 atom stereocenters. The Hall–Kier alpha value is -2.15. The molecule has 0 saturated heterocycles. The number of aliphatic imine (C=N–C) groups is 1.